The Hall–Kier alpha value is -1.05. The van der Waals surface area contributed by atoms with Crippen LogP contribution >= 0.6 is 0 Å². The molecule has 2 aliphatic carbocycles. The molecule has 0 aromatic rings. The van der Waals surface area contributed by atoms with E-state index in [0.717, 1.165) is 38.5 Å². The van der Waals surface area contributed by atoms with Gasteiger partial charge >= 0.3 is 5.97 Å². The molecule has 0 unspecified atom stereocenters. The smallest absolute Gasteiger partial charge is 0.308 e. The average molecular weight is 345 g/mol. The summed E-state index contributed by atoms with van der Waals surface area (Å²) >= 11 is 0. The van der Waals surface area contributed by atoms with Gasteiger partial charge in [0.15, 0.2) is 0 Å². The van der Waals surface area contributed by atoms with Gasteiger partial charge in [-0.3, -0.25) is 4.79 Å². The van der Waals surface area contributed by atoms with Crippen LogP contribution in [0.2, 0.25) is 0 Å². The number of fused-ring (bicyclic) bond motifs is 1. The van der Waals surface area contributed by atoms with E-state index in [2.05, 4.69) is 51.8 Å². The third kappa shape index (κ3) is 5.46. The Morgan fingerprint density at radius 2 is 2.16 bits per heavy atom. The number of hydrogen-bond donors (Lipinski definition) is 0. The molecule has 0 amide bonds. The van der Waals surface area contributed by atoms with Crippen LogP contribution in [-0.4, -0.2) is 12.1 Å². The van der Waals surface area contributed by atoms with Crippen LogP contribution in [0.4, 0.5) is 0 Å². The van der Waals surface area contributed by atoms with Crippen LogP contribution in [0.15, 0.2) is 23.8 Å². The van der Waals surface area contributed by atoms with Gasteiger partial charge in [0.25, 0.3) is 0 Å². The lowest BCUT2D eigenvalue weighted by atomic mass is 9.66. The first-order chi connectivity index (χ1) is 12.1. The molecule has 0 spiro atoms. The fourth-order valence-corrected chi connectivity index (χ4v) is 4.10. The molecule has 0 fully saturated rings. The van der Waals surface area contributed by atoms with Gasteiger partial charge in [0.1, 0.15) is 6.10 Å². The van der Waals surface area contributed by atoms with Gasteiger partial charge in [-0.2, -0.15) is 0 Å². The first kappa shape index (κ1) is 20.3. The highest BCUT2D eigenvalue weighted by molar-refractivity contribution is 5.72. The van der Waals surface area contributed by atoms with E-state index in [-0.39, 0.29) is 18.0 Å². The van der Waals surface area contributed by atoms with Crippen molar-refractivity contribution < 1.29 is 9.53 Å². The number of esters is 1. The molecule has 0 bridgehead atoms. The van der Waals surface area contributed by atoms with Crippen molar-refractivity contribution in [2.24, 2.45) is 23.7 Å². The van der Waals surface area contributed by atoms with Crippen LogP contribution in [0, 0.1) is 36.5 Å². The number of unbranched alkanes of at least 4 members (excludes halogenated alkanes) is 4. The lowest BCUT2D eigenvalue weighted by molar-refractivity contribution is -0.157. The number of rotatable bonds is 9. The topological polar surface area (TPSA) is 26.3 Å². The predicted molar refractivity (Wildman–Crippen MR) is 105 cm³/mol. The van der Waals surface area contributed by atoms with Crippen molar-refractivity contribution in [3.05, 3.63) is 36.6 Å². The Labute approximate surface area is 155 Å². The van der Waals surface area contributed by atoms with Gasteiger partial charge in [0.2, 0.25) is 0 Å². The maximum atomic E-state index is 12.4. The minimum atomic E-state index is -0.0150. The Morgan fingerprint density at radius 1 is 1.36 bits per heavy atom. The minimum absolute atomic E-state index is 0.00211. The monoisotopic (exact) mass is 344 g/mol. The van der Waals surface area contributed by atoms with Crippen LogP contribution < -0.4 is 0 Å². The van der Waals surface area contributed by atoms with Crippen LogP contribution in [0.1, 0.15) is 72.6 Å². The van der Waals surface area contributed by atoms with Gasteiger partial charge in [0, 0.05) is 5.92 Å². The maximum Gasteiger partial charge on any atom is 0.308 e. The average Bonchev–Trinajstić information content (AvgIpc) is 2.62. The molecule has 25 heavy (non-hydrogen) atoms. The first-order valence-electron chi connectivity index (χ1n) is 10.3. The number of allylic oxidation sites excluding steroid dienone is 3. The summed E-state index contributed by atoms with van der Waals surface area (Å²) in [6.07, 6.45) is 19.2. The molecule has 0 aliphatic heterocycles. The summed E-state index contributed by atoms with van der Waals surface area (Å²) in [5.41, 5.74) is 1.40. The molecular weight excluding hydrogens is 308 g/mol. The van der Waals surface area contributed by atoms with Gasteiger partial charge in [-0.1, -0.05) is 52.3 Å². The minimum Gasteiger partial charge on any atom is -0.461 e. The Bertz CT molecular complexity index is 476. The van der Waals surface area contributed by atoms with Crippen LogP contribution in [-0.2, 0) is 9.53 Å². The lowest BCUT2D eigenvalue weighted by Crippen LogP contribution is -2.40. The highest BCUT2D eigenvalue weighted by Gasteiger charge is 2.39. The summed E-state index contributed by atoms with van der Waals surface area (Å²) in [5.74, 6) is 1.49. The number of carbonyl (C=O) groups excluding carboxylic acids is 1. The van der Waals surface area contributed by atoms with Crippen LogP contribution in [0.25, 0.3) is 0 Å². The van der Waals surface area contributed by atoms with E-state index in [1.165, 1.54) is 12.0 Å². The molecule has 2 rings (SSSR count). The van der Waals surface area contributed by atoms with Crippen molar-refractivity contribution in [3.8, 4) is 0 Å². The third-order valence-corrected chi connectivity index (χ3v) is 5.95. The van der Waals surface area contributed by atoms with Crippen molar-refractivity contribution >= 4 is 5.97 Å². The van der Waals surface area contributed by atoms with E-state index in [0.29, 0.717) is 17.8 Å². The highest BCUT2D eigenvalue weighted by atomic mass is 16.5. The number of ether oxygens (including phenoxy) is 1. The molecule has 0 aromatic carbocycles. The number of hydrogen-bond acceptors (Lipinski definition) is 2. The van der Waals surface area contributed by atoms with Gasteiger partial charge in [-0.05, 0) is 68.8 Å². The Morgan fingerprint density at radius 3 is 2.88 bits per heavy atom. The molecule has 0 saturated heterocycles. The zero-order valence-corrected chi connectivity index (χ0v) is 16.5. The number of carbonyl (C=O) groups is 1. The van der Waals surface area contributed by atoms with Crippen molar-refractivity contribution in [1.29, 1.82) is 0 Å². The van der Waals surface area contributed by atoms with Crippen molar-refractivity contribution in [1.82, 2.24) is 0 Å². The molecule has 140 valence electrons. The summed E-state index contributed by atoms with van der Waals surface area (Å²) < 4.78 is 6.01. The summed E-state index contributed by atoms with van der Waals surface area (Å²) in [4.78, 5) is 12.4. The summed E-state index contributed by atoms with van der Waals surface area (Å²) in [7, 11) is 0. The molecule has 5 atom stereocenters. The molecule has 0 saturated carbocycles. The van der Waals surface area contributed by atoms with Crippen LogP contribution in [0.5, 0.6) is 0 Å². The molecule has 0 N–H and O–H groups in total. The van der Waals surface area contributed by atoms with Gasteiger partial charge in [0.05, 0.1) is 5.92 Å². The zero-order valence-electron chi connectivity index (χ0n) is 16.5. The summed E-state index contributed by atoms with van der Waals surface area (Å²) in [6.45, 7) is 8.53. The second-order valence-corrected chi connectivity index (χ2v) is 7.77. The van der Waals surface area contributed by atoms with E-state index >= 15 is 0 Å². The van der Waals surface area contributed by atoms with E-state index in [1.807, 2.05) is 6.92 Å². The fraction of sp³-hybridized carbons (Fsp3) is 0.696. The summed E-state index contributed by atoms with van der Waals surface area (Å²) in [5, 5.41) is 0. The predicted octanol–water partition coefficient (Wildman–Crippen LogP) is 6.09. The van der Waals surface area contributed by atoms with Crippen molar-refractivity contribution in [2.75, 3.05) is 0 Å². The molecular formula is C23H36O2. The van der Waals surface area contributed by atoms with Crippen molar-refractivity contribution in [2.45, 2.75) is 78.7 Å². The van der Waals surface area contributed by atoms with Gasteiger partial charge in [-0.25, -0.2) is 0 Å². The molecule has 2 heteroatoms. The van der Waals surface area contributed by atoms with E-state index in [9.17, 15) is 4.79 Å². The molecule has 0 aromatic heterocycles. The van der Waals surface area contributed by atoms with Gasteiger partial charge in [-0.15, -0.1) is 0 Å². The SMILES string of the molecule is CC[CH]C[CH]CC[C@@H]1[C@@H]2C(=CCC[C@@H]2OC(=O)[C@@H](C)CC)C=C[C@@H]1C. The zero-order chi connectivity index (χ0) is 18.2. The second-order valence-electron chi connectivity index (χ2n) is 7.77. The highest BCUT2D eigenvalue weighted by Crippen LogP contribution is 2.43. The standard InChI is InChI=1S/C23H36O2/c1-5-7-8-9-10-13-20-18(4)15-16-19-12-11-14-21(22(19)20)25-23(24)17(3)6-2/h7,9,12,15-18,20-22H,5-6,8,10-11,13-14H2,1-4H3/t17-,18-,20-,21-,22-/m0/s1. The fourth-order valence-electron chi connectivity index (χ4n) is 4.10. The largest absolute Gasteiger partial charge is 0.461 e. The third-order valence-electron chi connectivity index (χ3n) is 5.95. The molecule has 2 nitrogen and oxygen atoms in total. The summed E-state index contributed by atoms with van der Waals surface area (Å²) in [6, 6.07) is 0. The van der Waals surface area contributed by atoms with Crippen molar-refractivity contribution in [3.63, 3.8) is 0 Å². The first-order valence-corrected chi connectivity index (χ1v) is 10.3. The Kier molecular flexibility index (Phi) is 8.26. The van der Waals surface area contributed by atoms with E-state index in [4.69, 9.17) is 4.74 Å². The second kappa shape index (κ2) is 10.2. The maximum absolute atomic E-state index is 12.4. The molecule has 0 heterocycles. The molecule has 2 radical (unpaired) electrons. The van der Waals surface area contributed by atoms with Crippen LogP contribution in [0.3, 0.4) is 0 Å². The van der Waals surface area contributed by atoms with Gasteiger partial charge < -0.3 is 4.74 Å². The lowest BCUT2D eigenvalue weighted by Gasteiger charge is -2.42. The molecule has 2 aliphatic rings. The Balaban J connectivity index is 2.03. The quantitative estimate of drug-likeness (QED) is 0.373. The van der Waals surface area contributed by atoms with E-state index in [1.54, 1.807) is 0 Å². The van der Waals surface area contributed by atoms with E-state index < -0.39 is 0 Å². The normalized spacial score (nSPS) is 29.7.